The highest BCUT2D eigenvalue weighted by Gasteiger charge is 2.13. The van der Waals surface area contributed by atoms with Gasteiger partial charge in [-0.2, -0.15) is 5.26 Å². The minimum absolute atomic E-state index is 0.252. The number of carbonyl (C=O) groups is 1. The van der Waals surface area contributed by atoms with Crippen LogP contribution in [0.4, 0.5) is 5.13 Å². The van der Waals surface area contributed by atoms with E-state index in [4.69, 9.17) is 14.7 Å². The molecule has 2 rings (SSSR count). The van der Waals surface area contributed by atoms with Crippen LogP contribution in [0.2, 0.25) is 0 Å². The number of rotatable bonds is 8. The van der Waals surface area contributed by atoms with Crippen LogP contribution in [0.3, 0.4) is 0 Å². The van der Waals surface area contributed by atoms with Crippen LogP contribution >= 0.6 is 23.1 Å². The highest BCUT2D eigenvalue weighted by molar-refractivity contribution is 8.01. The summed E-state index contributed by atoms with van der Waals surface area (Å²) in [5.41, 5.74) is 1.30. The number of thiazole rings is 1. The maximum atomic E-state index is 12.3. The molecule has 24 heavy (non-hydrogen) atoms. The number of hydrogen-bond donors (Lipinski definition) is 1. The van der Waals surface area contributed by atoms with Gasteiger partial charge in [-0.25, -0.2) is 4.98 Å². The van der Waals surface area contributed by atoms with E-state index in [2.05, 4.69) is 16.4 Å². The van der Waals surface area contributed by atoms with Crippen LogP contribution in [0, 0.1) is 18.3 Å². The van der Waals surface area contributed by atoms with Crippen molar-refractivity contribution in [3.8, 4) is 11.8 Å². The van der Waals surface area contributed by atoms with E-state index in [0.717, 1.165) is 9.90 Å². The molecule has 6 nitrogen and oxygen atoms in total. The Hall–Kier alpha value is -2.08. The Balaban J connectivity index is 2.02. The van der Waals surface area contributed by atoms with Crippen LogP contribution in [0.15, 0.2) is 28.5 Å². The lowest BCUT2D eigenvalue weighted by Crippen LogP contribution is -2.12. The molecule has 1 aromatic carbocycles. The lowest BCUT2D eigenvalue weighted by molar-refractivity contribution is 0.102. The molecule has 0 aliphatic carbocycles. The topological polar surface area (TPSA) is 84.2 Å². The van der Waals surface area contributed by atoms with E-state index in [1.54, 1.807) is 31.4 Å². The fraction of sp³-hybridized carbons (Fsp3) is 0.312. The van der Waals surface area contributed by atoms with E-state index < -0.39 is 0 Å². The van der Waals surface area contributed by atoms with Crippen molar-refractivity contribution in [3.63, 3.8) is 0 Å². The predicted octanol–water partition coefficient (Wildman–Crippen LogP) is 3.34. The Kier molecular flexibility index (Phi) is 7.06. The number of aromatic nitrogens is 1. The third kappa shape index (κ3) is 5.23. The van der Waals surface area contributed by atoms with Gasteiger partial charge in [0.2, 0.25) is 0 Å². The van der Waals surface area contributed by atoms with Crippen LogP contribution in [0.1, 0.15) is 16.1 Å². The summed E-state index contributed by atoms with van der Waals surface area (Å²) < 4.78 is 11.4. The largest absolute Gasteiger partial charge is 0.491 e. The average molecular weight is 363 g/mol. The second-order valence-corrected chi connectivity index (χ2v) is 6.90. The third-order valence-electron chi connectivity index (χ3n) is 2.89. The molecule has 0 saturated heterocycles. The summed E-state index contributed by atoms with van der Waals surface area (Å²) in [6.07, 6.45) is 0. The smallest absolute Gasteiger partial charge is 0.257 e. The number of methoxy groups -OCH3 is 1. The molecule has 0 aliphatic heterocycles. The highest BCUT2D eigenvalue weighted by Crippen LogP contribution is 2.32. The van der Waals surface area contributed by atoms with Gasteiger partial charge in [0.15, 0.2) is 5.13 Å². The van der Waals surface area contributed by atoms with Gasteiger partial charge in [-0.1, -0.05) is 29.2 Å². The fourth-order valence-corrected chi connectivity index (χ4v) is 3.60. The van der Waals surface area contributed by atoms with Gasteiger partial charge in [0, 0.05) is 12.7 Å². The van der Waals surface area contributed by atoms with Crippen molar-refractivity contribution >= 4 is 34.1 Å². The molecule has 1 amide bonds. The summed E-state index contributed by atoms with van der Waals surface area (Å²) in [4.78, 5) is 16.7. The van der Waals surface area contributed by atoms with Gasteiger partial charge in [-0.3, -0.25) is 10.1 Å². The van der Waals surface area contributed by atoms with Gasteiger partial charge >= 0.3 is 0 Å². The molecule has 8 heteroatoms. The van der Waals surface area contributed by atoms with Crippen molar-refractivity contribution in [2.24, 2.45) is 0 Å². The molecule has 0 bridgehead atoms. The Bertz CT molecular complexity index is 740. The zero-order chi connectivity index (χ0) is 17.4. The highest BCUT2D eigenvalue weighted by atomic mass is 32.2. The summed E-state index contributed by atoms with van der Waals surface area (Å²) in [5.74, 6) is 0.718. The van der Waals surface area contributed by atoms with Crippen LogP contribution < -0.4 is 10.1 Å². The Labute approximate surface area is 148 Å². The fourth-order valence-electron chi connectivity index (χ4n) is 1.81. The molecule has 1 heterocycles. The van der Waals surface area contributed by atoms with Gasteiger partial charge in [-0.15, -0.1) is 0 Å². The predicted molar refractivity (Wildman–Crippen MR) is 95.0 cm³/mol. The van der Waals surface area contributed by atoms with Gasteiger partial charge in [0.1, 0.15) is 12.4 Å². The first-order valence-corrected chi connectivity index (χ1v) is 8.94. The number of nitriles is 1. The molecule has 0 spiro atoms. The van der Waals surface area contributed by atoms with Crippen molar-refractivity contribution in [3.05, 3.63) is 35.5 Å². The van der Waals surface area contributed by atoms with Gasteiger partial charge < -0.3 is 9.47 Å². The normalized spacial score (nSPS) is 10.2. The number of ether oxygens (including phenoxy) is 2. The second-order valence-electron chi connectivity index (χ2n) is 4.66. The maximum Gasteiger partial charge on any atom is 0.257 e. The Morgan fingerprint density at radius 2 is 2.29 bits per heavy atom. The Morgan fingerprint density at radius 1 is 1.46 bits per heavy atom. The molecule has 0 saturated carbocycles. The minimum atomic E-state index is -0.252. The molecular formula is C16H17N3O3S2. The number of nitrogens with zero attached hydrogens (tertiary/aromatic N) is 2. The van der Waals surface area contributed by atoms with Crippen molar-refractivity contribution in [1.82, 2.24) is 4.98 Å². The van der Waals surface area contributed by atoms with Gasteiger partial charge in [0.25, 0.3) is 5.91 Å². The van der Waals surface area contributed by atoms with E-state index in [-0.39, 0.29) is 5.91 Å². The number of anilines is 1. The molecule has 0 aliphatic rings. The number of aryl methyl sites for hydroxylation is 1. The quantitative estimate of drug-likeness (QED) is 0.572. The molecule has 0 radical (unpaired) electrons. The maximum absolute atomic E-state index is 12.3. The molecule has 1 aromatic heterocycles. The minimum Gasteiger partial charge on any atom is -0.491 e. The monoisotopic (exact) mass is 363 g/mol. The number of hydrogen-bond acceptors (Lipinski definition) is 7. The van der Waals surface area contributed by atoms with Gasteiger partial charge in [-0.05, 0) is 25.1 Å². The zero-order valence-corrected chi connectivity index (χ0v) is 15.0. The molecule has 1 N–H and O–H groups in total. The van der Waals surface area contributed by atoms with Crippen LogP contribution in [-0.2, 0) is 4.74 Å². The van der Waals surface area contributed by atoms with Crippen LogP contribution in [-0.4, -0.2) is 37.0 Å². The Morgan fingerprint density at radius 3 is 3.04 bits per heavy atom. The van der Waals surface area contributed by atoms with Crippen molar-refractivity contribution in [1.29, 1.82) is 5.26 Å². The molecule has 2 aromatic rings. The third-order valence-corrected chi connectivity index (χ3v) is 5.20. The zero-order valence-electron chi connectivity index (χ0n) is 13.4. The van der Waals surface area contributed by atoms with Crippen LogP contribution in [0.25, 0.3) is 0 Å². The van der Waals surface area contributed by atoms with Crippen molar-refractivity contribution in [2.45, 2.75) is 11.1 Å². The summed E-state index contributed by atoms with van der Waals surface area (Å²) in [6, 6.07) is 9.02. The van der Waals surface area contributed by atoms with E-state index in [0.29, 0.717) is 35.4 Å². The van der Waals surface area contributed by atoms with E-state index in [1.807, 2.05) is 6.92 Å². The number of nitrogens with one attached hydrogen (secondary N) is 1. The molecular weight excluding hydrogens is 346 g/mol. The van der Waals surface area contributed by atoms with Crippen molar-refractivity contribution < 1.29 is 14.3 Å². The SMILES string of the molecule is COCCOc1cccc(C(=O)Nc2nc(C)c(SCC#N)s2)c1. The number of thioether (sulfide) groups is 1. The van der Waals surface area contributed by atoms with E-state index in [1.165, 1.54) is 23.1 Å². The van der Waals surface area contributed by atoms with E-state index in [9.17, 15) is 4.79 Å². The summed E-state index contributed by atoms with van der Waals surface area (Å²) in [5, 5.41) is 11.9. The van der Waals surface area contributed by atoms with E-state index >= 15 is 0 Å². The molecule has 0 fully saturated rings. The second kappa shape index (κ2) is 9.27. The lowest BCUT2D eigenvalue weighted by Gasteiger charge is -2.07. The number of benzene rings is 1. The van der Waals surface area contributed by atoms with Crippen LogP contribution in [0.5, 0.6) is 5.75 Å². The molecule has 0 atom stereocenters. The summed E-state index contributed by atoms with van der Waals surface area (Å²) in [7, 11) is 1.60. The number of amides is 1. The average Bonchev–Trinajstić information content (AvgIpc) is 2.93. The summed E-state index contributed by atoms with van der Waals surface area (Å²) >= 11 is 2.78. The number of carbonyl (C=O) groups excluding carboxylic acids is 1. The molecule has 0 unspecified atom stereocenters. The summed E-state index contributed by atoms with van der Waals surface area (Å²) in [6.45, 7) is 2.76. The van der Waals surface area contributed by atoms with Crippen molar-refractivity contribution in [2.75, 3.05) is 31.4 Å². The molecule has 126 valence electrons. The van der Waals surface area contributed by atoms with Gasteiger partial charge in [0.05, 0.1) is 28.3 Å². The first kappa shape index (κ1) is 18.3. The lowest BCUT2D eigenvalue weighted by atomic mass is 10.2. The first-order valence-electron chi connectivity index (χ1n) is 7.14. The standard InChI is InChI=1S/C16H17N3O3S2/c1-11-15(23-9-6-17)24-16(18-11)19-14(20)12-4-3-5-13(10-12)22-8-7-21-2/h3-5,10H,7-9H2,1-2H3,(H,18,19,20). The first-order chi connectivity index (χ1) is 11.6.